The average Bonchev–Trinajstić information content (AvgIpc) is 3.48. The molecule has 49 heavy (non-hydrogen) atoms. The summed E-state index contributed by atoms with van der Waals surface area (Å²) in [6, 6.07) is 14.1. The lowest BCUT2D eigenvalue weighted by Gasteiger charge is -2.51. The van der Waals surface area contributed by atoms with Gasteiger partial charge in [-0.3, -0.25) is 24.2 Å². The molecule has 2 aliphatic heterocycles. The van der Waals surface area contributed by atoms with Gasteiger partial charge in [0.25, 0.3) is 15.9 Å². The number of benzene rings is 2. The lowest BCUT2D eigenvalue weighted by atomic mass is 9.84. The van der Waals surface area contributed by atoms with Gasteiger partial charge in [-0.2, -0.15) is 0 Å². The number of nitrogens with one attached hydrogen (secondary N) is 2. The summed E-state index contributed by atoms with van der Waals surface area (Å²) < 4.78 is 36.9. The van der Waals surface area contributed by atoms with Crippen LogP contribution in [-0.4, -0.2) is 110 Å². The smallest absolute Gasteiger partial charge is 0.262 e. The van der Waals surface area contributed by atoms with Gasteiger partial charge in [0.1, 0.15) is 12.3 Å². The fraction of sp³-hybridized carbons (Fsp3) is 0.417. The normalized spacial score (nSPS) is 17.2. The van der Waals surface area contributed by atoms with Gasteiger partial charge in [0.05, 0.1) is 23.2 Å². The molecule has 260 valence electrons. The molecule has 2 aromatic carbocycles. The van der Waals surface area contributed by atoms with Crippen LogP contribution in [0.15, 0.2) is 72.0 Å². The van der Waals surface area contributed by atoms with E-state index in [1.807, 2.05) is 27.8 Å². The molecule has 2 fully saturated rings. The van der Waals surface area contributed by atoms with Crippen molar-refractivity contribution in [1.29, 1.82) is 0 Å². The minimum atomic E-state index is -3.88. The van der Waals surface area contributed by atoms with Gasteiger partial charge >= 0.3 is 0 Å². The summed E-state index contributed by atoms with van der Waals surface area (Å²) in [5, 5.41) is 4.09. The number of carbonyl (C=O) groups excluding carboxylic acids is 2. The zero-order chi connectivity index (χ0) is 34.8. The van der Waals surface area contributed by atoms with Crippen LogP contribution in [0.3, 0.4) is 0 Å². The minimum absolute atomic E-state index is 0.000708. The van der Waals surface area contributed by atoms with Gasteiger partial charge in [-0.05, 0) is 92.7 Å². The molecule has 0 unspecified atom stereocenters. The van der Waals surface area contributed by atoms with E-state index in [0.29, 0.717) is 47.8 Å². The molecule has 0 bridgehead atoms. The van der Waals surface area contributed by atoms with Crippen LogP contribution in [0, 0.1) is 13.8 Å². The molecule has 0 radical (unpaired) electrons. The number of rotatable bonds is 10. The van der Waals surface area contributed by atoms with Crippen molar-refractivity contribution in [3.05, 3.63) is 83.8 Å². The Morgan fingerprint density at radius 1 is 0.918 bits per heavy atom. The van der Waals surface area contributed by atoms with Crippen LogP contribution in [0.4, 0.5) is 5.69 Å². The van der Waals surface area contributed by atoms with Crippen molar-refractivity contribution >= 4 is 38.4 Å². The summed E-state index contributed by atoms with van der Waals surface area (Å²) in [5.41, 5.74) is 2.70. The Morgan fingerprint density at radius 2 is 1.59 bits per heavy atom. The first-order valence-electron chi connectivity index (χ1n) is 16.6. The number of nitrogens with zero attached hydrogens (tertiary/aromatic N) is 5. The zero-order valence-electron chi connectivity index (χ0n) is 28.6. The molecule has 0 atom stereocenters. The number of aromatic nitrogens is 2. The number of fused-ring (bicyclic) bond motifs is 1. The van der Waals surface area contributed by atoms with Crippen LogP contribution in [-0.2, 0) is 21.4 Å². The third kappa shape index (κ3) is 7.43. The Labute approximate surface area is 288 Å². The Hall–Kier alpha value is -4.46. The van der Waals surface area contributed by atoms with E-state index >= 15 is 0 Å². The zero-order valence-corrected chi connectivity index (χ0v) is 29.4. The average molecular weight is 688 g/mol. The standard InChI is InChI=1S/C36H45N7O5S/c1-26-21-31(48-4)22-27(2)34(26)49(46,47)39-30-6-5-28-9-14-42(32(28)23-30)24-33(44)41-15-10-36(11-16-41,43-19-17-40(3)18-20-43)25-38-35(45)29-7-12-37-13-8-29/h5-9,12-14,21-23,39H,10-11,15-20,24-25H2,1-4H3,(H,38,45). The van der Waals surface area contributed by atoms with Crippen LogP contribution in [0.2, 0.25) is 0 Å². The van der Waals surface area contributed by atoms with E-state index in [-0.39, 0.29) is 28.8 Å². The van der Waals surface area contributed by atoms with Crippen LogP contribution in [0.25, 0.3) is 10.9 Å². The Kier molecular flexibility index (Phi) is 9.96. The van der Waals surface area contributed by atoms with Crippen molar-refractivity contribution in [2.75, 3.05) is 64.7 Å². The molecular formula is C36H45N7O5S. The molecule has 2 aliphatic rings. The van der Waals surface area contributed by atoms with E-state index in [1.165, 1.54) is 0 Å². The first kappa shape index (κ1) is 34.4. The molecule has 12 nitrogen and oxygen atoms in total. The van der Waals surface area contributed by atoms with Gasteiger partial charge in [-0.25, -0.2) is 8.42 Å². The maximum absolute atomic E-state index is 13.7. The molecule has 2 N–H and O–H groups in total. The van der Waals surface area contributed by atoms with Crippen molar-refractivity contribution in [2.45, 2.75) is 43.7 Å². The monoisotopic (exact) mass is 687 g/mol. The molecule has 13 heteroatoms. The molecule has 6 rings (SSSR count). The molecule has 0 saturated carbocycles. The van der Waals surface area contributed by atoms with Crippen molar-refractivity contribution in [1.82, 2.24) is 29.6 Å². The first-order valence-corrected chi connectivity index (χ1v) is 18.1. The van der Waals surface area contributed by atoms with Crippen molar-refractivity contribution in [3.8, 4) is 5.75 Å². The number of methoxy groups -OCH3 is 1. The number of carbonyl (C=O) groups is 2. The lowest BCUT2D eigenvalue weighted by molar-refractivity contribution is -0.134. The first-order chi connectivity index (χ1) is 23.5. The summed E-state index contributed by atoms with van der Waals surface area (Å²) >= 11 is 0. The number of pyridine rings is 1. The molecule has 2 saturated heterocycles. The molecule has 0 spiro atoms. The molecule has 2 amide bonds. The highest BCUT2D eigenvalue weighted by Crippen LogP contribution is 2.31. The second-order valence-corrected chi connectivity index (χ2v) is 14.8. The second-order valence-electron chi connectivity index (χ2n) is 13.2. The number of likely N-dealkylation sites (tertiary alicyclic amines) is 1. The highest BCUT2D eigenvalue weighted by Gasteiger charge is 2.42. The van der Waals surface area contributed by atoms with Crippen LogP contribution >= 0.6 is 0 Å². The van der Waals surface area contributed by atoms with Gasteiger partial charge in [-0.15, -0.1) is 0 Å². The number of hydrogen-bond acceptors (Lipinski definition) is 8. The predicted octanol–water partition coefficient (Wildman–Crippen LogP) is 3.50. The predicted molar refractivity (Wildman–Crippen MR) is 189 cm³/mol. The maximum atomic E-state index is 13.7. The summed E-state index contributed by atoms with van der Waals surface area (Å²) in [7, 11) is -0.201. The van der Waals surface area contributed by atoms with E-state index in [9.17, 15) is 18.0 Å². The van der Waals surface area contributed by atoms with Gasteiger partial charge < -0.3 is 24.4 Å². The SMILES string of the molecule is COc1cc(C)c(S(=O)(=O)Nc2ccc3ccn(CC(=O)N4CCC(CNC(=O)c5ccncc5)(N5CCN(C)CC5)CC4)c3c2)c(C)c1. The van der Waals surface area contributed by atoms with Crippen LogP contribution in [0.5, 0.6) is 5.75 Å². The quantitative estimate of drug-likeness (QED) is 0.259. The third-order valence-electron chi connectivity index (χ3n) is 10.0. The lowest BCUT2D eigenvalue weighted by Crippen LogP contribution is -2.64. The molecule has 0 aliphatic carbocycles. The number of sulfonamides is 1. The number of hydrogen-bond donors (Lipinski definition) is 2. The summed E-state index contributed by atoms with van der Waals surface area (Å²) in [5.74, 6) is 0.481. The third-order valence-corrected chi connectivity index (χ3v) is 11.7. The number of aryl methyl sites for hydroxylation is 2. The number of piperazine rings is 1. The summed E-state index contributed by atoms with van der Waals surface area (Å²) in [6.07, 6.45) is 6.61. The van der Waals surface area contributed by atoms with Gasteiger partial charge in [0.15, 0.2) is 0 Å². The van der Waals surface area contributed by atoms with E-state index in [2.05, 4.69) is 31.9 Å². The number of ether oxygens (including phenoxy) is 1. The number of piperidine rings is 1. The number of likely N-dealkylation sites (N-methyl/N-ethyl adjacent to an activating group) is 1. The Balaban J connectivity index is 1.14. The Bertz CT molecular complexity index is 1910. The summed E-state index contributed by atoms with van der Waals surface area (Å²) in [4.78, 5) is 37.6. The van der Waals surface area contributed by atoms with E-state index in [0.717, 1.165) is 49.9 Å². The number of amides is 2. The van der Waals surface area contributed by atoms with Gasteiger partial charge in [0.2, 0.25) is 5.91 Å². The molecule has 4 aromatic rings. The van der Waals surface area contributed by atoms with E-state index < -0.39 is 10.0 Å². The van der Waals surface area contributed by atoms with Gasteiger partial charge in [0, 0.05) is 75.5 Å². The van der Waals surface area contributed by atoms with Crippen molar-refractivity contribution in [2.24, 2.45) is 0 Å². The summed E-state index contributed by atoms with van der Waals surface area (Å²) in [6.45, 7) is 9.05. The highest BCUT2D eigenvalue weighted by molar-refractivity contribution is 7.92. The van der Waals surface area contributed by atoms with Crippen LogP contribution < -0.4 is 14.8 Å². The van der Waals surface area contributed by atoms with E-state index in [4.69, 9.17) is 4.74 Å². The minimum Gasteiger partial charge on any atom is -0.497 e. The molecule has 2 aromatic heterocycles. The molecule has 4 heterocycles. The van der Waals surface area contributed by atoms with Crippen LogP contribution in [0.1, 0.15) is 34.3 Å². The molecular weight excluding hydrogens is 643 g/mol. The van der Waals surface area contributed by atoms with Crippen molar-refractivity contribution in [3.63, 3.8) is 0 Å². The maximum Gasteiger partial charge on any atom is 0.262 e. The second kappa shape index (κ2) is 14.2. The topological polar surface area (TPSA) is 129 Å². The van der Waals surface area contributed by atoms with Gasteiger partial charge in [-0.1, -0.05) is 6.07 Å². The number of anilines is 1. The van der Waals surface area contributed by atoms with E-state index in [1.54, 1.807) is 69.7 Å². The Morgan fingerprint density at radius 3 is 2.24 bits per heavy atom. The highest BCUT2D eigenvalue weighted by atomic mass is 32.2. The fourth-order valence-corrected chi connectivity index (χ4v) is 8.70. The van der Waals surface area contributed by atoms with Crippen molar-refractivity contribution < 1.29 is 22.7 Å². The fourth-order valence-electron chi connectivity index (χ4n) is 7.20. The largest absolute Gasteiger partial charge is 0.497 e.